The molecule has 0 bridgehead atoms. The molecule has 0 saturated carbocycles. The van der Waals surface area contributed by atoms with Gasteiger partial charge in [-0.05, 0) is 44.2 Å². The number of aryl methyl sites for hydroxylation is 2. The molecule has 0 amide bonds. The van der Waals surface area contributed by atoms with Crippen molar-refractivity contribution >= 4 is 17.3 Å². The summed E-state index contributed by atoms with van der Waals surface area (Å²) < 4.78 is 7.16. The Kier molecular flexibility index (Phi) is 4.40. The molecule has 5 rings (SSSR count). The lowest BCUT2D eigenvalue weighted by Crippen LogP contribution is -2.26. The predicted molar refractivity (Wildman–Crippen MR) is 118 cm³/mol. The lowest BCUT2D eigenvalue weighted by atomic mass is 9.94. The van der Waals surface area contributed by atoms with E-state index in [1.807, 2.05) is 56.3 Å². The normalized spacial score (nSPS) is 12.7. The van der Waals surface area contributed by atoms with Crippen LogP contribution < -0.4 is 5.56 Å². The van der Waals surface area contributed by atoms with E-state index in [1.165, 1.54) is 0 Å². The maximum absolute atomic E-state index is 13.8. The monoisotopic (exact) mass is 415 g/mol. The summed E-state index contributed by atoms with van der Waals surface area (Å²) >= 11 is 6.08. The zero-order valence-corrected chi connectivity index (χ0v) is 17.3. The molecule has 6 heteroatoms. The van der Waals surface area contributed by atoms with Crippen molar-refractivity contribution in [1.82, 2.24) is 9.72 Å². The molecule has 0 aliphatic carbocycles. The van der Waals surface area contributed by atoms with Gasteiger partial charge in [-0.25, -0.2) is 0 Å². The van der Waals surface area contributed by atoms with Crippen molar-refractivity contribution in [2.24, 2.45) is 4.99 Å². The number of aromatic nitrogens is 2. The van der Waals surface area contributed by atoms with Crippen LogP contribution in [0.15, 0.2) is 75.1 Å². The van der Waals surface area contributed by atoms with Gasteiger partial charge in [0.05, 0.1) is 22.5 Å². The van der Waals surface area contributed by atoms with E-state index in [0.717, 1.165) is 33.6 Å². The number of nitrogens with zero attached hydrogens (tertiary/aromatic N) is 3. The minimum absolute atomic E-state index is 0.140. The average Bonchev–Trinajstić information content (AvgIpc) is 3.02. The second kappa shape index (κ2) is 7.11. The summed E-state index contributed by atoms with van der Waals surface area (Å²) in [4.78, 5) is 18.5. The lowest BCUT2D eigenvalue weighted by molar-refractivity contribution is 0.382. The first kappa shape index (κ1) is 18.6. The van der Waals surface area contributed by atoms with E-state index in [9.17, 15) is 4.79 Å². The Bertz CT molecular complexity index is 1350. The molecule has 5 nitrogen and oxygen atoms in total. The minimum Gasteiger partial charge on any atom is -0.358 e. The number of hydrogen-bond donors (Lipinski definition) is 0. The molecule has 1 aliphatic heterocycles. The smallest absolute Gasteiger partial charge is 0.265 e. The molecule has 0 radical (unpaired) electrons. The second-order valence-electron chi connectivity index (χ2n) is 7.35. The standard InChI is InChI=1S/C24H18ClN3O2/c1-14-3-9-18(10-4-14)28-12-11-19-21-15(2)27-30-20(21)13-26-23(22(19)24(28)29)16-5-7-17(25)8-6-16/h3-12H,13H2,1-2H3. The number of benzene rings is 2. The number of pyridine rings is 1. The maximum Gasteiger partial charge on any atom is 0.265 e. The van der Waals surface area contributed by atoms with Gasteiger partial charge in [-0.3, -0.25) is 14.4 Å². The van der Waals surface area contributed by atoms with Crippen LogP contribution in [0.4, 0.5) is 0 Å². The van der Waals surface area contributed by atoms with Crippen LogP contribution in [-0.4, -0.2) is 15.4 Å². The number of rotatable bonds is 2. The highest BCUT2D eigenvalue weighted by atomic mass is 35.5. The van der Waals surface area contributed by atoms with E-state index in [-0.39, 0.29) is 5.56 Å². The molecule has 0 atom stereocenters. The predicted octanol–water partition coefficient (Wildman–Crippen LogP) is 5.11. The third-order valence-electron chi connectivity index (χ3n) is 5.34. The first-order valence-electron chi connectivity index (χ1n) is 9.62. The maximum atomic E-state index is 13.8. The molecule has 2 aromatic carbocycles. The van der Waals surface area contributed by atoms with E-state index in [1.54, 1.807) is 22.9 Å². The van der Waals surface area contributed by atoms with Gasteiger partial charge in [0, 0.05) is 28.0 Å². The van der Waals surface area contributed by atoms with Gasteiger partial charge < -0.3 is 4.52 Å². The fourth-order valence-corrected chi connectivity index (χ4v) is 3.95. The van der Waals surface area contributed by atoms with Gasteiger partial charge in [-0.2, -0.15) is 0 Å². The van der Waals surface area contributed by atoms with E-state index in [2.05, 4.69) is 5.16 Å². The van der Waals surface area contributed by atoms with Crippen molar-refractivity contribution in [3.05, 3.63) is 104 Å². The quantitative estimate of drug-likeness (QED) is 0.457. The Hall–Kier alpha value is -3.44. The molecular weight excluding hydrogens is 398 g/mol. The number of hydrogen-bond acceptors (Lipinski definition) is 4. The molecule has 0 fully saturated rings. The topological polar surface area (TPSA) is 60.4 Å². The van der Waals surface area contributed by atoms with Crippen molar-refractivity contribution in [1.29, 1.82) is 0 Å². The van der Waals surface area contributed by atoms with Gasteiger partial charge in [0.15, 0.2) is 5.76 Å². The highest BCUT2D eigenvalue weighted by Gasteiger charge is 2.27. The molecule has 0 unspecified atom stereocenters. The molecule has 0 saturated heterocycles. The van der Waals surface area contributed by atoms with Crippen molar-refractivity contribution < 1.29 is 4.52 Å². The SMILES string of the molecule is Cc1ccc(-n2ccc3c(c2=O)C(c2ccc(Cl)cc2)=NCc2onc(C)c2-3)cc1. The molecule has 0 N–H and O–H groups in total. The Labute approximate surface area is 178 Å². The molecule has 3 heterocycles. The van der Waals surface area contributed by atoms with Crippen LogP contribution in [0.5, 0.6) is 0 Å². The van der Waals surface area contributed by atoms with Crippen molar-refractivity contribution in [3.8, 4) is 16.8 Å². The molecule has 1 aliphatic rings. The molecular formula is C24H18ClN3O2. The van der Waals surface area contributed by atoms with Crippen molar-refractivity contribution in [3.63, 3.8) is 0 Å². The first-order valence-corrected chi connectivity index (χ1v) is 9.99. The summed E-state index contributed by atoms with van der Waals surface area (Å²) in [5, 5.41) is 4.73. The summed E-state index contributed by atoms with van der Waals surface area (Å²) in [6.07, 6.45) is 1.80. The molecule has 0 spiro atoms. The van der Waals surface area contributed by atoms with Gasteiger partial charge >= 0.3 is 0 Å². The van der Waals surface area contributed by atoms with Gasteiger partial charge in [-0.1, -0.05) is 46.6 Å². The van der Waals surface area contributed by atoms with Crippen molar-refractivity contribution in [2.75, 3.05) is 0 Å². The van der Waals surface area contributed by atoms with Crippen LogP contribution in [0.1, 0.15) is 28.1 Å². The van der Waals surface area contributed by atoms with E-state index >= 15 is 0 Å². The lowest BCUT2D eigenvalue weighted by Gasteiger charge is -2.14. The summed E-state index contributed by atoms with van der Waals surface area (Å²) in [5.74, 6) is 0.658. The number of aliphatic imine (C=N–C) groups is 1. The second-order valence-corrected chi connectivity index (χ2v) is 7.79. The highest BCUT2D eigenvalue weighted by molar-refractivity contribution is 6.30. The summed E-state index contributed by atoms with van der Waals surface area (Å²) in [7, 11) is 0. The Morgan fingerprint density at radius 2 is 1.70 bits per heavy atom. The first-order chi connectivity index (χ1) is 14.5. The van der Waals surface area contributed by atoms with Crippen LogP contribution in [0.2, 0.25) is 5.02 Å². The summed E-state index contributed by atoms with van der Waals surface area (Å²) in [6.45, 7) is 4.21. The number of fused-ring (bicyclic) bond motifs is 3. The van der Waals surface area contributed by atoms with Crippen LogP contribution in [0.3, 0.4) is 0 Å². The van der Waals surface area contributed by atoms with E-state index in [0.29, 0.717) is 28.6 Å². The molecule has 2 aromatic heterocycles. The average molecular weight is 416 g/mol. The van der Waals surface area contributed by atoms with Crippen LogP contribution in [-0.2, 0) is 6.54 Å². The minimum atomic E-state index is -0.140. The van der Waals surface area contributed by atoms with E-state index < -0.39 is 0 Å². The third-order valence-corrected chi connectivity index (χ3v) is 5.59. The van der Waals surface area contributed by atoms with Crippen LogP contribution in [0.25, 0.3) is 16.8 Å². The molecule has 30 heavy (non-hydrogen) atoms. The Morgan fingerprint density at radius 1 is 0.967 bits per heavy atom. The van der Waals surface area contributed by atoms with Crippen LogP contribution in [0, 0.1) is 13.8 Å². The Balaban J connectivity index is 1.81. The third kappa shape index (κ3) is 2.99. The molecule has 148 valence electrons. The summed E-state index contributed by atoms with van der Waals surface area (Å²) in [6, 6.07) is 17.2. The summed E-state index contributed by atoms with van der Waals surface area (Å²) in [5.41, 5.74) is 6.14. The van der Waals surface area contributed by atoms with Gasteiger partial charge in [-0.15, -0.1) is 0 Å². The highest BCUT2D eigenvalue weighted by Crippen LogP contribution is 2.34. The van der Waals surface area contributed by atoms with Crippen molar-refractivity contribution in [2.45, 2.75) is 20.4 Å². The van der Waals surface area contributed by atoms with Gasteiger partial charge in [0.25, 0.3) is 5.56 Å². The molecule has 4 aromatic rings. The largest absolute Gasteiger partial charge is 0.358 e. The zero-order chi connectivity index (χ0) is 20.8. The van der Waals surface area contributed by atoms with E-state index in [4.69, 9.17) is 21.1 Å². The Morgan fingerprint density at radius 3 is 2.43 bits per heavy atom. The zero-order valence-electron chi connectivity index (χ0n) is 16.5. The van der Waals surface area contributed by atoms with Crippen LogP contribution >= 0.6 is 11.6 Å². The fraction of sp³-hybridized carbons (Fsp3) is 0.125. The number of halogens is 1. The van der Waals surface area contributed by atoms with Gasteiger partial charge in [0.1, 0.15) is 6.54 Å². The fourth-order valence-electron chi connectivity index (χ4n) is 3.82. The van der Waals surface area contributed by atoms with Gasteiger partial charge in [0.2, 0.25) is 0 Å².